The summed E-state index contributed by atoms with van der Waals surface area (Å²) < 4.78 is 10.8. The molecule has 0 aliphatic carbocycles. The number of β-amino-alcohol motifs (C(OH)–C–C–N with tert-alkyl or cyclic N) is 1. The van der Waals surface area contributed by atoms with E-state index in [0.717, 1.165) is 43.9 Å². The molecule has 1 aliphatic rings. The van der Waals surface area contributed by atoms with Crippen molar-refractivity contribution in [2.45, 2.75) is 32.0 Å². The van der Waals surface area contributed by atoms with Crippen molar-refractivity contribution in [2.75, 3.05) is 33.4 Å². The zero-order valence-electron chi connectivity index (χ0n) is 12.4. The lowest BCUT2D eigenvalue weighted by Crippen LogP contribution is -2.39. The van der Waals surface area contributed by atoms with E-state index in [0.29, 0.717) is 12.6 Å². The van der Waals surface area contributed by atoms with Gasteiger partial charge in [-0.05, 0) is 37.5 Å². The summed E-state index contributed by atoms with van der Waals surface area (Å²) >= 11 is 0. The van der Waals surface area contributed by atoms with E-state index in [1.165, 1.54) is 0 Å². The van der Waals surface area contributed by atoms with Gasteiger partial charge < -0.3 is 19.5 Å². The second-order valence-corrected chi connectivity index (χ2v) is 5.25. The summed E-state index contributed by atoms with van der Waals surface area (Å²) in [5, 5.41) is 10.3. The first-order chi connectivity index (χ1) is 9.72. The van der Waals surface area contributed by atoms with E-state index in [2.05, 4.69) is 4.90 Å². The Bertz CT molecular complexity index is 402. The van der Waals surface area contributed by atoms with Crippen LogP contribution in [-0.2, 0) is 4.74 Å². The summed E-state index contributed by atoms with van der Waals surface area (Å²) in [6.07, 6.45) is 2.04. The van der Waals surface area contributed by atoms with Crippen LogP contribution in [0, 0.1) is 0 Å². The second kappa shape index (κ2) is 7.62. The van der Waals surface area contributed by atoms with Gasteiger partial charge in [-0.15, -0.1) is 0 Å². The summed E-state index contributed by atoms with van der Waals surface area (Å²) in [7, 11) is 1.64. The number of nitrogens with zero attached hydrogens (tertiary/aromatic N) is 1. The van der Waals surface area contributed by atoms with E-state index < -0.39 is 6.10 Å². The van der Waals surface area contributed by atoms with Gasteiger partial charge in [0.1, 0.15) is 5.75 Å². The maximum absolute atomic E-state index is 10.3. The molecule has 20 heavy (non-hydrogen) atoms. The predicted octanol–water partition coefficient (Wildman–Crippen LogP) is 2.23. The van der Waals surface area contributed by atoms with E-state index in [9.17, 15) is 5.11 Å². The third-order valence-corrected chi connectivity index (χ3v) is 3.85. The highest BCUT2D eigenvalue weighted by atomic mass is 16.5. The minimum atomic E-state index is -0.464. The summed E-state index contributed by atoms with van der Waals surface area (Å²) in [6.45, 7) is 5.49. The average molecular weight is 279 g/mol. The van der Waals surface area contributed by atoms with Crippen molar-refractivity contribution in [3.05, 3.63) is 29.8 Å². The van der Waals surface area contributed by atoms with Gasteiger partial charge >= 0.3 is 0 Å². The molecule has 1 atom stereocenters. The summed E-state index contributed by atoms with van der Waals surface area (Å²) in [4.78, 5) is 2.31. The van der Waals surface area contributed by atoms with Crippen LogP contribution in [0.25, 0.3) is 0 Å². The Morgan fingerprint density at radius 1 is 1.35 bits per heavy atom. The molecule has 0 amide bonds. The Morgan fingerprint density at radius 3 is 2.75 bits per heavy atom. The van der Waals surface area contributed by atoms with Crippen molar-refractivity contribution in [2.24, 2.45) is 0 Å². The third kappa shape index (κ3) is 4.20. The van der Waals surface area contributed by atoms with E-state index in [-0.39, 0.29) is 0 Å². The van der Waals surface area contributed by atoms with Crippen LogP contribution in [0.2, 0.25) is 0 Å². The highest BCUT2D eigenvalue weighted by Crippen LogP contribution is 2.22. The summed E-state index contributed by atoms with van der Waals surface area (Å²) in [6, 6.07) is 7.65. The first kappa shape index (κ1) is 15.3. The lowest BCUT2D eigenvalue weighted by molar-refractivity contribution is 0.00327. The maximum Gasteiger partial charge on any atom is 0.119 e. The molecule has 1 unspecified atom stereocenters. The highest BCUT2D eigenvalue weighted by Gasteiger charge is 2.21. The first-order valence-corrected chi connectivity index (χ1v) is 7.39. The van der Waals surface area contributed by atoms with Gasteiger partial charge in [0.05, 0.1) is 19.3 Å². The summed E-state index contributed by atoms with van der Waals surface area (Å²) in [5.41, 5.74) is 0.913. The van der Waals surface area contributed by atoms with Gasteiger partial charge in [-0.2, -0.15) is 0 Å². The number of rotatable bonds is 6. The van der Waals surface area contributed by atoms with Gasteiger partial charge in [0.2, 0.25) is 0 Å². The number of aliphatic hydroxyl groups is 1. The van der Waals surface area contributed by atoms with Gasteiger partial charge in [0.25, 0.3) is 0 Å². The molecule has 1 N–H and O–H groups in total. The molecule has 1 saturated heterocycles. The van der Waals surface area contributed by atoms with Crippen LogP contribution in [0.4, 0.5) is 0 Å². The molecule has 1 aromatic rings. The minimum absolute atomic E-state index is 0.394. The molecule has 0 spiro atoms. The number of likely N-dealkylation sites (tertiary alicyclic amines) is 1. The zero-order valence-corrected chi connectivity index (χ0v) is 12.4. The number of benzene rings is 1. The van der Waals surface area contributed by atoms with Crippen LogP contribution in [0.3, 0.4) is 0 Å². The van der Waals surface area contributed by atoms with Gasteiger partial charge in [-0.3, -0.25) is 0 Å². The molecular formula is C16H25NO3. The van der Waals surface area contributed by atoms with Crippen LogP contribution < -0.4 is 4.74 Å². The van der Waals surface area contributed by atoms with Crippen molar-refractivity contribution in [3.8, 4) is 5.75 Å². The predicted molar refractivity (Wildman–Crippen MR) is 79.0 cm³/mol. The Balaban J connectivity index is 1.84. The lowest BCUT2D eigenvalue weighted by Gasteiger charge is -2.33. The second-order valence-electron chi connectivity index (χ2n) is 5.25. The van der Waals surface area contributed by atoms with Gasteiger partial charge in [0, 0.05) is 26.2 Å². The molecule has 0 radical (unpaired) electrons. The molecule has 1 aliphatic heterocycles. The van der Waals surface area contributed by atoms with E-state index in [1.54, 1.807) is 7.11 Å². The van der Waals surface area contributed by atoms with Gasteiger partial charge in [-0.25, -0.2) is 0 Å². The summed E-state index contributed by atoms with van der Waals surface area (Å²) in [5.74, 6) is 0.789. The molecule has 1 fully saturated rings. The molecule has 0 bridgehead atoms. The number of methoxy groups -OCH3 is 1. The molecule has 4 nitrogen and oxygen atoms in total. The van der Waals surface area contributed by atoms with Crippen LogP contribution >= 0.6 is 0 Å². The number of piperidine rings is 1. The first-order valence-electron chi connectivity index (χ1n) is 7.39. The lowest BCUT2D eigenvalue weighted by atomic mass is 10.0. The standard InChI is InChI=1S/C16H25NO3/c1-3-20-14-7-9-17(10-8-14)12-16(18)13-5-4-6-15(11-13)19-2/h4-6,11,14,16,18H,3,7-10,12H2,1-2H3. The fourth-order valence-electron chi connectivity index (χ4n) is 2.69. The van der Waals surface area contributed by atoms with Crippen molar-refractivity contribution < 1.29 is 14.6 Å². The van der Waals surface area contributed by atoms with Gasteiger partial charge in [0.15, 0.2) is 0 Å². The maximum atomic E-state index is 10.3. The Labute approximate surface area is 121 Å². The average Bonchev–Trinajstić information content (AvgIpc) is 2.49. The van der Waals surface area contributed by atoms with Crippen LogP contribution in [-0.4, -0.2) is 49.5 Å². The van der Waals surface area contributed by atoms with Crippen LogP contribution in [0.15, 0.2) is 24.3 Å². The number of ether oxygens (including phenoxy) is 2. The molecular weight excluding hydrogens is 254 g/mol. The van der Waals surface area contributed by atoms with Crippen LogP contribution in [0.1, 0.15) is 31.4 Å². The highest BCUT2D eigenvalue weighted by molar-refractivity contribution is 5.29. The quantitative estimate of drug-likeness (QED) is 0.867. The van der Waals surface area contributed by atoms with Crippen molar-refractivity contribution in [1.29, 1.82) is 0 Å². The van der Waals surface area contributed by atoms with E-state index in [4.69, 9.17) is 9.47 Å². The molecule has 1 heterocycles. The molecule has 0 saturated carbocycles. The Hall–Kier alpha value is -1.10. The van der Waals surface area contributed by atoms with Crippen molar-refractivity contribution >= 4 is 0 Å². The number of hydrogen-bond donors (Lipinski definition) is 1. The van der Waals surface area contributed by atoms with E-state index in [1.807, 2.05) is 31.2 Å². The van der Waals surface area contributed by atoms with Crippen LogP contribution in [0.5, 0.6) is 5.75 Å². The Kier molecular flexibility index (Phi) is 5.83. The zero-order chi connectivity index (χ0) is 14.4. The molecule has 1 aromatic carbocycles. The molecule has 4 heteroatoms. The minimum Gasteiger partial charge on any atom is -0.497 e. The Morgan fingerprint density at radius 2 is 2.10 bits per heavy atom. The van der Waals surface area contributed by atoms with Crippen molar-refractivity contribution in [3.63, 3.8) is 0 Å². The fraction of sp³-hybridized carbons (Fsp3) is 0.625. The molecule has 0 aromatic heterocycles. The monoisotopic (exact) mass is 279 g/mol. The van der Waals surface area contributed by atoms with Gasteiger partial charge in [-0.1, -0.05) is 12.1 Å². The SMILES string of the molecule is CCOC1CCN(CC(O)c2cccc(OC)c2)CC1. The molecule has 112 valence electrons. The topological polar surface area (TPSA) is 41.9 Å². The van der Waals surface area contributed by atoms with Crippen molar-refractivity contribution in [1.82, 2.24) is 4.90 Å². The number of aliphatic hydroxyl groups excluding tert-OH is 1. The molecule has 2 rings (SSSR count). The largest absolute Gasteiger partial charge is 0.497 e. The fourth-order valence-corrected chi connectivity index (χ4v) is 2.69. The number of hydrogen-bond acceptors (Lipinski definition) is 4. The third-order valence-electron chi connectivity index (χ3n) is 3.85. The van der Waals surface area contributed by atoms with E-state index >= 15 is 0 Å². The smallest absolute Gasteiger partial charge is 0.119 e. The normalized spacial score (nSPS) is 18.9.